The topological polar surface area (TPSA) is 0 Å². The third-order valence-corrected chi connectivity index (χ3v) is 4.62. The summed E-state index contributed by atoms with van der Waals surface area (Å²) in [7, 11) is 0. The van der Waals surface area contributed by atoms with Crippen LogP contribution in [0.15, 0.2) is 95.5 Å². The van der Waals surface area contributed by atoms with E-state index < -0.39 is 0 Å². The van der Waals surface area contributed by atoms with Crippen molar-refractivity contribution in [1.82, 2.24) is 0 Å². The lowest BCUT2D eigenvalue weighted by Gasteiger charge is -2.15. The number of benzene rings is 3. The van der Waals surface area contributed by atoms with E-state index in [-0.39, 0.29) is 5.92 Å². The highest BCUT2D eigenvalue weighted by Crippen LogP contribution is 2.31. The van der Waals surface area contributed by atoms with Gasteiger partial charge in [0.1, 0.15) is 0 Å². The van der Waals surface area contributed by atoms with Crippen LogP contribution in [0.5, 0.6) is 0 Å². The van der Waals surface area contributed by atoms with Crippen LogP contribution in [0.2, 0.25) is 0 Å². The van der Waals surface area contributed by atoms with Crippen LogP contribution >= 0.6 is 27.5 Å². The number of allylic oxidation sites excluding steroid dienone is 1. The minimum atomic E-state index is 0.122. The van der Waals surface area contributed by atoms with E-state index in [2.05, 4.69) is 70.5 Å². The Balaban J connectivity index is 2.04. The summed E-state index contributed by atoms with van der Waals surface area (Å²) in [6.07, 6.45) is 2.12. The van der Waals surface area contributed by atoms with E-state index in [1.165, 1.54) is 11.1 Å². The third-order valence-electron chi connectivity index (χ3n) is 3.75. The average molecular weight is 384 g/mol. The van der Waals surface area contributed by atoms with Gasteiger partial charge in [-0.25, -0.2) is 0 Å². The van der Waals surface area contributed by atoms with Gasteiger partial charge in [0.15, 0.2) is 0 Å². The lowest BCUT2D eigenvalue weighted by Crippen LogP contribution is -1.98. The Morgan fingerprint density at radius 3 is 1.87 bits per heavy atom. The van der Waals surface area contributed by atoms with E-state index in [9.17, 15) is 0 Å². The Bertz CT molecular complexity index is 777. The zero-order valence-corrected chi connectivity index (χ0v) is 14.8. The Labute approximate surface area is 150 Å². The summed E-state index contributed by atoms with van der Waals surface area (Å²) < 4.78 is 1.08. The van der Waals surface area contributed by atoms with Gasteiger partial charge in [-0.15, -0.1) is 0 Å². The molecule has 23 heavy (non-hydrogen) atoms. The van der Waals surface area contributed by atoms with Gasteiger partial charge in [-0.1, -0.05) is 106 Å². The molecule has 1 atom stereocenters. The van der Waals surface area contributed by atoms with Crippen molar-refractivity contribution in [3.63, 3.8) is 0 Å². The molecule has 0 bridgehead atoms. The van der Waals surface area contributed by atoms with Gasteiger partial charge in [0.05, 0.1) is 0 Å². The van der Waals surface area contributed by atoms with Gasteiger partial charge < -0.3 is 0 Å². The van der Waals surface area contributed by atoms with Crippen LogP contribution in [-0.2, 0) is 0 Å². The molecule has 0 aliphatic heterocycles. The number of halogens is 2. The van der Waals surface area contributed by atoms with Crippen LogP contribution < -0.4 is 0 Å². The monoisotopic (exact) mass is 382 g/mol. The highest BCUT2D eigenvalue weighted by Gasteiger charge is 2.13. The molecule has 0 radical (unpaired) electrons. The van der Waals surface area contributed by atoms with Crippen LogP contribution in [0.1, 0.15) is 22.6 Å². The fraction of sp³-hybridized carbons (Fsp3) is 0.0476. The number of rotatable bonds is 4. The van der Waals surface area contributed by atoms with Crippen LogP contribution in [0.25, 0.3) is 5.03 Å². The first-order valence-corrected chi connectivity index (χ1v) is 8.64. The van der Waals surface area contributed by atoms with Crippen molar-refractivity contribution in [2.24, 2.45) is 0 Å². The second-order valence-corrected chi connectivity index (χ2v) is 6.64. The fourth-order valence-electron chi connectivity index (χ4n) is 2.56. The highest BCUT2D eigenvalue weighted by atomic mass is 79.9. The van der Waals surface area contributed by atoms with Crippen LogP contribution in [-0.4, -0.2) is 0 Å². The summed E-state index contributed by atoms with van der Waals surface area (Å²) in [6, 6.07) is 28.9. The van der Waals surface area contributed by atoms with E-state index in [1.54, 1.807) is 0 Å². The maximum absolute atomic E-state index is 6.58. The Morgan fingerprint density at radius 2 is 1.26 bits per heavy atom. The summed E-state index contributed by atoms with van der Waals surface area (Å²) in [5.41, 5.74) is 3.48. The summed E-state index contributed by atoms with van der Waals surface area (Å²) in [5.74, 6) is 0.122. The van der Waals surface area contributed by atoms with Crippen LogP contribution in [0.3, 0.4) is 0 Å². The molecule has 2 heteroatoms. The molecule has 0 aromatic heterocycles. The van der Waals surface area contributed by atoms with Gasteiger partial charge in [0.2, 0.25) is 0 Å². The molecule has 0 aliphatic carbocycles. The predicted octanol–water partition coefficient (Wildman–Crippen LogP) is 6.86. The second kappa shape index (κ2) is 7.63. The van der Waals surface area contributed by atoms with Gasteiger partial charge in [-0.3, -0.25) is 0 Å². The smallest absolute Gasteiger partial charge is 0.0448 e. The highest BCUT2D eigenvalue weighted by molar-refractivity contribution is 9.10. The molecule has 0 saturated heterocycles. The van der Waals surface area contributed by atoms with Crippen molar-refractivity contribution in [3.05, 3.63) is 112 Å². The van der Waals surface area contributed by atoms with E-state index in [0.717, 1.165) is 15.1 Å². The van der Waals surface area contributed by atoms with E-state index in [4.69, 9.17) is 11.6 Å². The molecular weight excluding hydrogens is 368 g/mol. The quantitative estimate of drug-likeness (QED) is 0.461. The molecule has 0 fully saturated rings. The van der Waals surface area contributed by atoms with Crippen molar-refractivity contribution in [1.29, 1.82) is 0 Å². The molecule has 0 spiro atoms. The summed E-state index contributed by atoms with van der Waals surface area (Å²) in [4.78, 5) is 0. The maximum Gasteiger partial charge on any atom is 0.0448 e. The molecule has 0 nitrogen and oxygen atoms in total. The van der Waals surface area contributed by atoms with Crippen molar-refractivity contribution >= 4 is 32.6 Å². The number of hydrogen-bond acceptors (Lipinski definition) is 0. The minimum absolute atomic E-state index is 0.122. The summed E-state index contributed by atoms with van der Waals surface area (Å²) >= 11 is 10.1. The van der Waals surface area contributed by atoms with Gasteiger partial charge in [0.25, 0.3) is 0 Å². The van der Waals surface area contributed by atoms with Crippen molar-refractivity contribution in [2.45, 2.75) is 5.92 Å². The molecular formula is C21H16BrCl. The molecule has 3 rings (SSSR count). The first-order chi connectivity index (χ1) is 11.2. The number of hydrogen-bond donors (Lipinski definition) is 0. The Hall–Kier alpha value is -1.83. The van der Waals surface area contributed by atoms with Crippen molar-refractivity contribution in [2.75, 3.05) is 0 Å². The lowest BCUT2D eigenvalue weighted by molar-refractivity contribution is 1.03. The standard InChI is InChI=1S/C21H16BrCl/c22-19-13-11-17(12-14-19)20(16-7-3-1-4-8-16)15-21(23)18-9-5-2-6-10-18/h1-15,20H. The zero-order valence-electron chi connectivity index (χ0n) is 12.5. The Morgan fingerprint density at radius 1 is 0.739 bits per heavy atom. The largest absolute Gasteiger partial charge is 0.0840 e. The van der Waals surface area contributed by atoms with Crippen LogP contribution in [0, 0.1) is 0 Å². The van der Waals surface area contributed by atoms with Gasteiger partial charge >= 0.3 is 0 Å². The average Bonchev–Trinajstić information content (AvgIpc) is 2.62. The van der Waals surface area contributed by atoms with Gasteiger partial charge in [0, 0.05) is 15.4 Å². The maximum atomic E-state index is 6.58. The lowest BCUT2D eigenvalue weighted by atomic mass is 9.90. The second-order valence-electron chi connectivity index (χ2n) is 5.32. The Kier molecular flexibility index (Phi) is 5.32. The summed E-state index contributed by atoms with van der Waals surface area (Å²) in [6.45, 7) is 0. The zero-order chi connectivity index (χ0) is 16.1. The molecule has 0 saturated carbocycles. The molecule has 0 heterocycles. The first-order valence-electron chi connectivity index (χ1n) is 7.47. The first kappa shape index (κ1) is 16.0. The molecule has 0 amide bonds. The molecule has 1 unspecified atom stereocenters. The van der Waals surface area contributed by atoms with Crippen molar-refractivity contribution in [3.8, 4) is 0 Å². The normalized spacial score (nSPS) is 12.9. The van der Waals surface area contributed by atoms with Crippen LogP contribution in [0.4, 0.5) is 0 Å². The summed E-state index contributed by atoms with van der Waals surface area (Å²) in [5, 5.41) is 0.766. The van der Waals surface area contributed by atoms with E-state index >= 15 is 0 Å². The van der Waals surface area contributed by atoms with Crippen molar-refractivity contribution < 1.29 is 0 Å². The minimum Gasteiger partial charge on any atom is -0.0840 e. The molecule has 0 aliphatic rings. The van der Waals surface area contributed by atoms with E-state index in [0.29, 0.717) is 0 Å². The van der Waals surface area contributed by atoms with Gasteiger partial charge in [-0.2, -0.15) is 0 Å². The predicted molar refractivity (Wildman–Crippen MR) is 103 cm³/mol. The molecule has 0 N–H and O–H groups in total. The SMILES string of the molecule is ClC(=CC(c1ccccc1)c1ccc(Br)cc1)c1ccccc1. The molecule has 114 valence electrons. The molecule has 3 aromatic carbocycles. The fourth-order valence-corrected chi connectivity index (χ4v) is 3.07. The van der Waals surface area contributed by atoms with E-state index in [1.807, 2.05) is 36.4 Å². The molecule has 3 aromatic rings. The third kappa shape index (κ3) is 4.13. The van der Waals surface area contributed by atoms with Gasteiger partial charge in [-0.05, 0) is 28.8 Å².